The minimum absolute atomic E-state index is 0. The molecule has 2 aliphatic rings. The summed E-state index contributed by atoms with van der Waals surface area (Å²) in [6, 6.07) is 12.7. The van der Waals surface area contributed by atoms with Gasteiger partial charge in [-0.15, -0.1) is 24.0 Å². The zero-order chi connectivity index (χ0) is 19.9. The molecule has 2 aliphatic heterocycles. The van der Waals surface area contributed by atoms with Gasteiger partial charge in [-0.25, -0.2) is 4.98 Å². The van der Waals surface area contributed by atoms with Crippen LogP contribution in [0.1, 0.15) is 49.3 Å². The lowest BCUT2D eigenvalue weighted by Gasteiger charge is -2.28. The van der Waals surface area contributed by atoms with Gasteiger partial charge in [-0.3, -0.25) is 4.99 Å². The van der Waals surface area contributed by atoms with E-state index in [4.69, 9.17) is 4.74 Å². The molecule has 1 aromatic heterocycles. The van der Waals surface area contributed by atoms with Gasteiger partial charge in [0, 0.05) is 44.9 Å². The molecule has 7 heteroatoms. The van der Waals surface area contributed by atoms with Gasteiger partial charge < -0.3 is 20.3 Å². The summed E-state index contributed by atoms with van der Waals surface area (Å²) in [5.41, 5.74) is 2.41. The van der Waals surface area contributed by atoms with Crippen LogP contribution in [0.5, 0.6) is 5.75 Å². The Labute approximate surface area is 196 Å². The fourth-order valence-corrected chi connectivity index (χ4v) is 4.08. The number of guanidine groups is 1. The Morgan fingerprint density at radius 3 is 2.77 bits per heavy atom. The quantitative estimate of drug-likeness (QED) is 0.358. The molecule has 0 bridgehead atoms. The summed E-state index contributed by atoms with van der Waals surface area (Å²) in [5, 5.41) is 7.01. The molecule has 0 radical (unpaired) electrons. The highest BCUT2D eigenvalue weighted by Crippen LogP contribution is 2.31. The second-order valence-corrected chi connectivity index (χ2v) is 7.72. The summed E-state index contributed by atoms with van der Waals surface area (Å²) < 4.78 is 5.77. The average molecular weight is 521 g/mol. The molecule has 3 heterocycles. The number of pyridine rings is 1. The fourth-order valence-electron chi connectivity index (χ4n) is 4.08. The van der Waals surface area contributed by atoms with Crippen LogP contribution in [0, 0.1) is 0 Å². The van der Waals surface area contributed by atoms with Crippen LogP contribution in [-0.4, -0.2) is 37.7 Å². The van der Waals surface area contributed by atoms with Crippen LogP contribution < -0.4 is 20.3 Å². The Bertz CT molecular complexity index is 836. The summed E-state index contributed by atoms with van der Waals surface area (Å²) in [7, 11) is 1.82. The molecule has 1 saturated heterocycles. The van der Waals surface area contributed by atoms with E-state index in [0.717, 1.165) is 43.6 Å². The number of fused-ring (bicyclic) bond motifs is 1. The van der Waals surface area contributed by atoms with Crippen LogP contribution in [0.25, 0.3) is 0 Å². The molecule has 4 rings (SSSR count). The van der Waals surface area contributed by atoms with E-state index in [1.54, 1.807) is 0 Å². The molecule has 1 fully saturated rings. The van der Waals surface area contributed by atoms with Crippen molar-refractivity contribution in [3.63, 3.8) is 0 Å². The van der Waals surface area contributed by atoms with Gasteiger partial charge in [-0.1, -0.05) is 31.0 Å². The smallest absolute Gasteiger partial charge is 0.191 e. The molecule has 2 aromatic rings. The van der Waals surface area contributed by atoms with E-state index in [9.17, 15) is 0 Å². The number of benzene rings is 1. The monoisotopic (exact) mass is 521 g/mol. The van der Waals surface area contributed by atoms with Crippen molar-refractivity contribution in [2.24, 2.45) is 4.99 Å². The Kier molecular flexibility index (Phi) is 8.60. The number of hydrogen-bond acceptors (Lipinski definition) is 4. The predicted octanol–water partition coefficient (Wildman–Crippen LogP) is 4.27. The highest BCUT2D eigenvalue weighted by Gasteiger charge is 2.21. The molecule has 1 atom stereocenters. The van der Waals surface area contributed by atoms with E-state index in [1.807, 2.05) is 25.4 Å². The van der Waals surface area contributed by atoms with Crippen molar-refractivity contribution in [1.29, 1.82) is 0 Å². The lowest BCUT2D eigenvalue weighted by molar-refractivity contribution is 0.261. The Hall–Kier alpha value is -2.03. The molecular weight excluding hydrogens is 489 g/mol. The SMILES string of the molecule is CN=C(NCc1ccnc(N2CCCCCC2)c1)NC1CCOc2ccccc21.I. The minimum atomic E-state index is 0. The van der Waals surface area contributed by atoms with Crippen molar-refractivity contribution >= 4 is 35.8 Å². The first-order valence-electron chi connectivity index (χ1n) is 10.7. The van der Waals surface area contributed by atoms with Gasteiger partial charge in [0.2, 0.25) is 0 Å². The number of rotatable bonds is 4. The zero-order valence-corrected chi connectivity index (χ0v) is 20.0. The van der Waals surface area contributed by atoms with Crippen LogP contribution in [0.3, 0.4) is 0 Å². The Morgan fingerprint density at radius 1 is 1.17 bits per heavy atom. The number of aliphatic imine (C=N–C) groups is 1. The standard InChI is InChI=1S/C23H31N5O.HI/c1-24-23(27-20-11-15-29-21-9-5-4-8-19(20)21)26-17-18-10-12-25-22(16-18)28-13-6-2-3-7-14-28;/h4-5,8-10,12,16,20H,2-3,6-7,11,13-15,17H2,1H3,(H2,24,26,27);1H. The molecular formula is C23H32IN5O. The molecule has 162 valence electrons. The van der Waals surface area contributed by atoms with E-state index in [-0.39, 0.29) is 30.0 Å². The summed E-state index contributed by atoms with van der Waals surface area (Å²) >= 11 is 0. The number of anilines is 1. The maximum absolute atomic E-state index is 5.77. The Balaban J connectivity index is 0.00000256. The van der Waals surface area contributed by atoms with E-state index in [2.05, 4.69) is 49.8 Å². The van der Waals surface area contributed by atoms with E-state index in [1.165, 1.54) is 36.8 Å². The summed E-state index contributed by atoms with van der Waals surface area (Å²) in [6.07, 6.45) is 8.01. The maximum Gasteiger partial charge on any atom is 0.191 e. The van der Waals surface area contributed by atoms with Crippen LogP contribution in [0.4, 0.5) is 5.82 Å². The van der Waals surface area contributed by atoms with Crippen molar-refractivity contribution in [2.45, 2.75) is 44.7 Å². The fraction of sp³-hybridized carbons (Fsp3) is 0.478. The van der Waals surface area contributed by atoms with E-state index >= 15 is 0 Å². The van der Waals surface area contributed by atoms with Crippen molar-refractivity contribution in [3.05, 3.63) is 53.7 Å². The van der Waals surface area contributed by atoms with Crippen LogP contribution in [-0.2, 0) is 6.54 Å². The molecule has 6 nitrogen and oxygen atoms in total. The second-order valence-electron chi connectivity index (χ2n) is 7.72. The number of nitrogens with zero attached hydrogens (tertiary/aromatic N) is 3. The average Bonchev–Trinajstić information content (AvgIpc) is 3.06. The highest BCUT2D eigenvalue weighted by molar-refractivity contribution is 14.0. The first-order chi connectivity index (χ1) is 14.3. The third kappa shape index (κ3) is 5.77. The summed E-state index contributed by atoms with van der Waals surface area (Å²) in [4.78, 5) is 11.5. The van der Waals surface area contributed by atoms with Gasteiger partial charge in [-0.05, 0) is 36.6 Å². The molecule has 1 unspecified atom stereocenters. The van der Waals surface area contributed by atoms with Gasteiger partial charge in [0.05, 0.1) is 12.6 Å². The lowest BCUT2D eigenvalue weighted by atomic mass is 10.0. The first-order valence-corrected chi connectivity index (χ1v) is 10.7. The van der Waals surface area contributed by atoms with Crippen molar-refractivity contribution in [1.82, 2.24) is 15.6 Å². The van der Waals surface area contributed by atoms with Crippen LogP contribution in [0.15, 0.2) is 47.6 Å². The number of aromatic nitrogens is 1. The van der Waals surface area contributed by atoms with Gasteiger partial charge in [0.25, 0.3) is 0 Å². The van der Waals surface area contributed by atoms with Crippen LogP contribution in [0.2, 0.25) is 0 Å². The number of para-hydroxylation sites is 1. The summed E-state index contributed by atoms with van der Waals surface area (Å²) in [6.45, 7) is 3.65. The van der Waals surface area contributed by atoms with Crippen molar-refractivity contribution < 1.29 is 4.74 Å². The van der Waals surface area contributed by atoms with Gasteiger partial charge in [-0.2, -0.15) is 0 Å². The molecule has 0 aliphatic carbocycles. The number of ether oxygens (including phenoxy) is 1. The second kappa shape index (κ2) is 11.4. The predicted molar refractivity (Wildman–Crippen MR) is 133 cm³/mol. The molecule has 0 saturated carbocycles. The van der Waals surface area contributed by atoms with Gasteiger partial charge in [0.15, 0.2) is 5.96 Å². The molecule has 2 N–H and O–H groups in total. The third-order valence-corrected chi connectivity index (χ3v) is 5.69. The van der Waals surface area contributed by atoms with Gasteiger partial charge in [0.1, 0.15) is 11.6 Å². The highest BCUT2D eigenvalue weighted by atomic mass is 127. The minimum Gasteiger partial charge on any atom is -0.493 e. The molecule has 0 amide bonds. The molecule has 30 heavy (non-hydrogen) atoms. The number of nitrogens with one attached hydrogen (secondary N) is 2. The lowest BCUT2D eigenvalue weighted by Crippen LogP contribution is -2.40. The molecule has 1 aromatic carbocycles. The number of hydrogen-bond donors (Lipinski definition) is 2. The normalized spacial score (nSPS) is 19.0. The van der Waals surface area contributed by atoms with Crippen LogP contribution >= 0.6 is 24.0 Å². The maximum atomic E-state index is 5.77. The van der Waals surface area contributed by atoms with Crippen molar-refractivity contribution in [3.8, 4) is 5.75 Å². The largest absolute Gasteiger partial charge is 0.493 e. The van der Waals surface area contributed by atoms with E-state index < -0.39 is 0 Å². The number of halogens is 1. The third-order valence-electron chi connectivity index (χ3n) is 5.69. The Morgan fingerprint density at radius 2 is 1.97 bits per heavy atom. The summed E-state index contributed by atoms with van der Waals surface area (Å²) in [5.74, 6) is 2.86. The zero-order valence-electron chi connectivity index (χ0n) is 17.6. The molecule has 0 spiro atoms. The first kappa shape index (κ1) is 22.7. The van der Waals surface area contributed by atoms with Gasteiger partial charge >= 0.3 is 0 Å². The topological polar surface area (TPSA) is 61.8 Å². The van der Waals surface area contributed by atoms with E-state index in [0.29, 0.717) is 6.54 Å². The van der Waals surface area contributed by atoms with Crippen molar-refractivity contribution in [2.75, 3.05) is 31.6 Å².